The molecule has 2 atom stereocenters. The van der Waals surface area contributed by atoms with E-state index in [1.807, 2.05) is 24.3 Å². The predicted octanol–water partition coefficient (Wildman–Crippen LogP) is 2.12. The Morgan fingerprint density at radius 2 is 2.00 bits per heavy atom. The molecule has 7 nitrogen and oxygen atoms in total. The maximum atomic E-state index is 12.5. The van der Waals surface area contributed by atoms with Crippen molar-refractivity contribution in [1.82, 2.24) is 10.4 Å². The van der Waals surface area contributed by atoms with E-state index in [4.69, 9.17) is 0 Å². The van der Waals surface area contributed by atoms with Gasteiger partial charge >= 0.3 is 12.1 Å². The molecule has 162 valence electrons. The van der Waals surface area contributed by atoms with Crippen LogP contribution in [0.3, 0.4) is 0 Å². The van der Waals surface area contributed by atoms with E-state index in [0.29, 0.717) is 18.0 Å². The van der Waals surface area contributed by atoms with Crippen LogP contribution in [-0.2, 0) is 25.6 Å². The maximum Gasteiger partial charge on any atom is 0.492 e. The number of amides is 2. The monoisotopic (exact) mass is 425 g/mol. The quantitative estimate of drug-likeness (QED) is 0.707. The number of nitrogens with one attached hydrogen (secondary N) is 1. The van der Waals surface area contributed by atoms with E-state index in [2.05, 4.69) is 10.2 Å². The molecule has 2 aliphatic rings. The molecule has 1 N–H and O–H groups in total. The minimum atomic E-state index is -5.13. The number of hydroxylamine groups is 2. The lowest BCUT2D eigenvalue weighted by molar-refractivity contribution is -0.261. The van der Waals surface area contributed by atoms with Gasteiger partial charge in [-0.05, 0) is 30.9 Å². The molecule has 1 fully saturated rings. The Bertz CT molecular complexity index is 856. The Labute approximate surface area is 171 Å². The van der Waals surface area contributed by atoms with Gasteiger partial charge in [0.1, 0.15) is 6.04 Å². The number of carbonyl (C=O) groups excluding carboxylic acids is 3. The minimum absolute atomic E-state index is 0.0411. The van der Waals surface area contributed by atoms with Crippen LogP contribution < -0.4 is 10.2 Å². The molecule has 0 unspecified atom stereocenters. The van der Waals surface area contributed by atoms with Crippen LogP contribution >= 0.6 is 0 Å². The first-order chi connectivity index (χ1) is 14.2. The van der Waals surface area contributed by atoms with Gasteiger partial charge in [-0.3, -0.25) is 9.59 Å². The Kier molecular flexibility index (Phi) is 6.45. The lowest BCUT2D eigenvalue weighted by Crippen LogP contribution is -2.58. The van der Waals surface area contributed by atoms with Gasteiger partial charge in [0, 0.05) is 30.9 Å². The second-order valence-electron chi connectivity index (χ2n) is 7.07. The number of rotatable bonds is 6. The van der Waals surface area contributed by atoms with E-state index in [9.17, 15) is 27.6 Å². The number of benzene rings is 1. The van der Waals surface area contributed by atoms with E-state index in [1.54, 1.807) is 17.9 Å². The van der Waals surface area contributed by atoms with Crippen molar-refractivity contribution in [2.45, 2.75) is 44.4 Å². The Morgan fingerprint density at radius 1 is 1.27 bits per heavy atom. The molecule has 1 aromatic carbocycles. The zero-order valence-corrected chi connectivity index (χ0v) is 16.3. The molecule has 0 aromatic heterocycles. The molecule has 2 aliphatic heterocycles. The van der Waals surface area contributed by atoms with Crippen molar-refractivity contribution in [3.63, 3.8) is 0 Å². The van der Waals surface area contributed by atoms with Crippen molar-refractivity contribution in [2.24, 2.45) is 0 Å². The molecule has 0 aliphatic carbocycles. The average Bonchev–Trinajstić information content (AvgIpc) is 3.11. The van der Waals surface area contributed by atoms with Crippen molar-refractivity contribution in [3.05, 3.63) is 42.0 Å². The first-order valence-electron chi connectivity index (χ1n) is 9.64. The molecule has 0 spiro atoms. The smallest absolute Gasteiger partial charge is 0.360 e. The van der Waals surface area contributed by atoms with Crippen LogP contribution in [0, 0.1) is 0 Å². The van der Waals surface area contributed by atoms with Gasteiger partial charge in [-0.2, -0.15) is 13.2 Å². The number of hydrogen-bond donors (Lipinski definition) is 1. The highest BCUT2D eigenvalue weighted by Gasteiger charge is 2.46. The molecule has 0 bridgehead atoms. The van der Waals surface area contributed by atoms with E-state index in [0.717, 1.165) is 17.7 Å². The largest absolute Gasteiger partial charge is 0.492 e. The molecule has 0 saturated carbocycles. The van der Waals surface area contributed by atoms with Gasteiger partial charge in [0.25, 0.3) is 5.91 Å². The van der Waals surface area contributed by atoms with Gasteiger partial charge in [0.15, 0.2) is 0 Å². The zero-order chi connectivity index (χ0) is 21.9. The first-order valence-corrected chi connectivity index (χ1v) is 9.64. The van der Waals surface area contributed by atoms with Crippen LogP contribution in [0.5, 0.6) is 0 Å². The van der Waals surface area contributed by atoms with Gasteiger partial charge in [0.05, 0.1) is 0 Å². The van der Waals surface area contributed by atoms with Crippen molar-refractivity contribution in [1.29, 1.82) is 0 Å². The first kappa shape index (κ1) is 21.8. The highest BCUT2D eigenvalue weighted by molar-refractivity contribution is 6.03. The predicted molar refractivity (Wildman–Crippen MR) is 101 cm³/mol. The second kappa shape index (κ2) is 8.86. The third-order valence-electron chi connectivity index (χ3n) is 5.10. The summed E-state index contributed by atoms with van der Waals surface area (Å²) >= 11 is 0. The Hall–Kier alpha value is -2.88. The molecule has 3 rings (SSSR count). The fourth-order valence-corrected chi connectivity index (χ4v) is 3.31. The Balaban J connectivity index is 1.55. The summed E-state index contributed by atoms with van der Waals surface area (Å²) in [6.07, 6.45) is -0.663. The fraction of sp³-hybridized carbons (Fsp3) is 0.450. The lowest BCUT2D eigenvalue weighted by Gasteiger charge is -2.37. The number of fused-ring (bicyclic) bond motifs is 1. The number of hydrogen-bond acceptors (Lipinski definition) is 5. The number of para-hydroxylation sites is 1. The molecule has 2 amide bonds. The molecule has 0 radical (unpaired) electrons. The second-order valence-corrected chi connectivity index (χ2v) is 7.07. The van der Waals surface area contributed by atoms with Crippen molar-refractivity contribution in [3.8, 4) is 0 Å². The van der Waals surface area contributed by atoms with Crippen LogP contribution in [0.15, 0.2) is 36.4 Å². The van der Waals surface area contributed by atoms with Gasteiger partial charge in [-0.1, -0.05) is 31.2 Å². The third kappa shape index (κ3) is 4.81. The highest BCUT2D eigenvalue weighted by Crippen LogP contribution is 2.27. The standard InChI is InChI=1S/C20H22F3N3O4/c1-2-14(7-8-17(27)25-11-9-13-5-3-4-6-15(13)25)24-18(28)16-10-12-26(16)30-19(29)20(21,22)23/h3-8,14,16H,2,9-12H2,1H3,(H,24,28)/b8-7+/t14-,16-/m0/s1. The summed E-state index contributed by atoms with van der Waals surface area (Å²) in [5, 5.41) is 3.38. The van der Waals surface area contributed by atoms with Crippen LogP contribution in [0.4, 0.5) is 18.9 Å². The van der Waals surface area contributed by atoms with Gasteiger partial charge in [-0.15, -0.1) is 5.06 Å². The molecule has 2 heterocycles. The number of carbonyl (C=O) groups is 3. The molecule has 1 aromatic rings. The van der Waals surface area contributed by atoms with Crippen LogP contribution in [0.1, 0.15) is 25.3 Å². The number of nitrogens with zero attached hydrogens (tertiary/aromatic N) is 2. The summed E-state index contributed by atoms with van der Waals surface area (Å²) in [6, 6.07) is 6.15. The zero-order valence-electron chi connectivity index (χ0n) is 16.3. The lowest BCUT2D eigenvalue weighted by atomic mass is 10.0. The normalized spacial score (nSPS) is 19.9. The molecular formula is C20H22F3N3O4. The molecule has 30 heavy (non-hydrogen) atoms. The topological polar surface area (TPSA) is 79.0 Å². The van der Waals surface area contributed by atoms with Gasteiger partial charge in [0.2, 0.25) is 5.91 Å². The van der Waals surface area contributed by atoms with Gasteiger partial charge < -0.3 is 15.1 Å². The van der Waals surface area contributed by atoms with E-state index < -0.39 is 30.1 Å². The molecular weight excluding hydrogens is 403 g/mol. The third-order valence-corrected chi connectivity index (χ3v) is 5.10. The van der Waals surface area contributed by atoms with E-state index in [-0.39, 0.29) is 18.9 Å². The van der Waals surface area contributed by atoms with Crippen LogP contribution in [0.25, 0.3) is 0 Å². The van der Waals surface area contributed by atoms with Crippen LogP contribution in [0.2, 0.25) is 0 Å². The van der Waals surface area contributed by atoms with Crippen molar-refractivity contribution in [2.75, 3.05) is 18.0 Å². The Morgan fingerprint density at radius 3 is 2.63 bits per heavy atom. The van der Waals surface area contributed by atoms with Crippen LogP contribution in [-0.4, -0.2) is 54.2 Å². The summed E-state index contributed by atoms with van der Waals surface area (Å²) in [7, 11) is 0. The number of alkyl halides is 3. The summed E-state index contributed by atoms with van der Waals surface area (Å²) < 4.78 is 36.9. The maximum absolute atomic E-state index is 12.5. The fourth-order valence-electron chi connectivity index (χ4n) is 3.31. The minimum Gasteiger partial charge on any atom is -0.360 e. The number of halogens is 3. The summed E-state index contributed by atoms with van der Waals surface area (Å²) in [5.41, 5.74) is 1.96. The molecule has 1 saturated heterocycles. The van der Waals surface area contributed by atoms with E-state index in [1.165, 1.54) is 6.08 Å². The summed E-state index contributed by atoms with van der Waals surface area (Å²) in [5.74, 6) is -3.13. The average molecular weight is 425 g/mol. The van der Waals surface area contributed by atoms with E-state index >= 15 is 0 Å². The summed E-state index contributed by atoms with van der Waals surface area (Å²) in [4.78, 5) is 41.7. The van der Waals surface area contributed by atoms with Crippen molar-refractivity contribution >= 4 is 23.5 Å². The number of anilines is 1. The summed E-state index contributed by atoms with van der Waals surface area (Å²) in [6.45, 7) is 2.42. The van der Waals surface area contributed by atoms with Crippen molar-refractivity contribution < 1.29 is 32.4 Å². The van der Waals surface area contributed by atoms with Gasteiger partial charge in [-0.25, -0.2) is 4.79 Å². The molecule has 10 heteroatoms. The SMILES string of the molecule is CC[C@@H](/C=C/C(=O)N1CCc2ccccc21)NC(=O)[C@@H]1CCN1OC(=O)C(F)(F)F. The highest BCUT2D eigenvalue weighted by atomic mass is 19.4.